The Morgan fingerprint density at radius 1 is 0.941 bits per heavy atom. The molecule has 0 spiro atoms. The van der Waals surface area contributed by atoms with Gasteiger partial charge in [0.1, 0.15) is 18.1 Å². The molecule has 0 fully saturated rings. The lowest BCUT2D eigenvalue weighted by atomic mass is 10.3. The fraction of sp³-hybridized carbons (Fsp3) is 0.174. The van der Waals surface area contributed by atoms with E-state index in [0.717, 1.165) is 16.4 Å². The van der Waals surface area contributed by atoms with Crippen LogP contribution in [-0.2, 0) is 14.8 Å². The maximum atomic E-state index is 13.8. The molecule has 0 bridgehead atoms. The molecule has 3 aromatic rings. The molecule has 3 rings (SSSR count). The molecule has 180 valence electrons. The number of hydrogen-bond donors (Lipinski definition) is 1. The maximum Gasteiger partial charge on any atom is 0.264 e. The largest absolute Gasteiger partial charge is 0.495 e. The number of amides is 1. The Kier molecular flexibility index (Phi) is 7.85. The highest BCUT2D eigenvalue weighted by atomic mass is 35.5. The van der Waals surface area contributed by atoms with E-state index in [1.165, 1.54) is 45.6 Å². The van der Waals surface area contributed by atoms with Crippen molar-refractivity contribution in [3.8, 4) is 17.2 Å². The molecule has 0 saturated carbocycles. The van der Waals surface area contributed by atoms with Crippen LogP contribution in [0.5, 0.6) is 17.2 Å². The van der Waals surface area contributed by atoms with Gasteiger partial charge in [-0.25, -0.2) is 12.8 Å². The summed E-state index contributed by atoms with van der Waals surface area (Å²) >= 11 is 5.90. The van der Waals surface area contributed by atoms with Crippen LogP contribution in [0.3, 0.4) is 0 Å². The minimum atomic E-state index is -4.32. The third kappa shape index (κ3) is 5.35. The van der Waals surface area contributed by atoms with Crippen LogP contribution >= 0.6 is 11.6 Å². The third-order valence-corrected chi connectivity index (χ3v) is 6.86. The van der Waals surface area contributed by atoms with Crippen LogP contribution in [0.15, 0.2) is 65.6 Å². The van der Waals surface area contributed by atoms with E-state index in [4.69, 9.17) is 25.8 Å². The Balaban J connectivity index is 2.03. The lowest BCUT2D eigenvalue weighted by Crippen LogP contribution is -2.38. The van der Waals surface area contributed by atoms with Gasteiger partial charge in [-0.2, -0.15) is 0 Å². The molecule has 0 heterocycles. The smallest absolute Gasteiger partial charge is 0.264 e. The Bertz CT molecular complexity index is 1300. The van der Waals surface area contributed by atoms with E-state index < -0.39 is 28.3 Å². The molecule has 0 aromatic heterocycles. The number of rotatable bonds is 9. The van der Waals surface area contributed by atoms with Crippen LogP contribution in [0.1, 0.15) is 0 Å². The summed E-state index contributed by atoms with van der Waals surface area (Å²) in [7, 11) is -0.0907. The molecule has 0 saturated heterocycles. The number of para-hydroxylation sites is 2. The van der Waals surface area contributed by atoms with E-state index in [-0.39, 0.29) is 21.4 Å². The van der Waals surface area contributed by atoms with Crippen molar-refractivity contribution < 1.29 is 31.8 Å². The number of halogens is 2. The van der Waals surface area contributed by atoms with Gasteiger partial charge < -0.3 is 19.5 Å². The van der Waals surface area contributed by atoms with Crippen molar-refractivity contribution in [2.75, 3.05) is 37.5 Å². The number of sulfonamides is 1. The highest BCUT2D eigenvalue weighted by Gasteiger charge is 2.29. The van der Waals surface area contributed by atoms with Gasteiger partial charge in [-0.15, -0.1) is 0 Å². The van der Waals surface area contributed by atoms with Gasteiger partial charge in [0.25, 0.3) is 10.0 Å². The monoisotopic (exact) mass is 508 g/mol. The second kappa shape index (κ2) is 10.6. The van der Waals surface area contributed by atoms with Crippen molar-refractivity contribution in [1.82, 2.24) is 0 Å². The first-order valence-electron chi connectivity index (χ1n) is 9.84. The van der Waals surface area contributed by atoms with Gasteiger partial charge in [-0.1, -0.05) is 23.7 Å². The number of carbonyl (C=O) groups excluding carboxylic acids is 1. The van der Waals surface area contributed by atoms with Crippen LogP contribution in [0.25, 0.3) is 0 Å². The van der Waals surface area contributed by atoms with Crippen LogP contribution in [-0.4, -0.2) is 42.2 Å². The first-order chi connectivity index (χ1) is 16.2. The van der Waals surface area contributed by atoms with Gasteiger partial charge in [0.2, 0.25) is 5.91 Å². The van der Waals surface area contributed by atoms with Crippen LogP contribution in [0.4, 0.5) is 15.8 Å². The van der Waals surface area contributed by atoms with E-state index >= 15 is 0 Å². The summed E-state index contributed by atoms with van der Waals surface area (Å²) in [4.78, 5) is 12.7. The molecule has 11 heteroatoms. The predicted molar refractivity (Wildman–Crippen MR) is 127 cm³/mol. The minimum absolute atomic E-state index is 0.00337. The van der Waals surface area contributed by atoms with Gasteiger partial charge in [0, 0.05) is 6.07 Å². The molecular formula is C23H22ClFN2O6S. The second-order valence-corrected chi connectivity index (χ2v) is 9.14. The minimum Gasteiger partial charge on any atom is -0.495 e. The van der Waals surface area contributed by atoms with Crippen molar-refractivity contribution in [3.63, 3.8) is 0 Å². The summed E-state index contributed by atoms with van der Waals surface area (Å²) in [5.41, 5.74) is 0.354. The lowest BCUT2D eigenvalue weighted by molar-refractivity contribution is -0.114. The molecule has 0 aliphatic carbocycles. The number of benzene rings is 3. The van der Waals surface area contributed by atoms with Gasteiger partial charge in [0.05, 0.1) is 42.6 Å². The summed E-state index contributed by atoms with van der Waals surface area (Å²) < 4.78 is 57.4. The van der Waals surface area contributed by atoms with Crippen LogP contribution < -0.4 is 23.8 Å². The summed E-state index contributed by atoms with van der Waals surface area (Å²) in [6, 6.07) is 14.0. The average Bonchev–Trinajstić information content (AvgIpc) is 2.84. The second-order valence-electron chi connectivity index (χ2n) is 6.88. The number of ether oxygens (including phenoxy) is 3. The third-order valence-electron chi connectivity index (χ3n) is 4.80. The first kappa shape index (κ1) is 25.1. The van der Waals surface area contributed by atoms with Crippen molar-refractivity contribution in [3.05, 3.63) is 71.5 Å². The number of nitrogens with zero attached hydrogens (tertiary/aromatic N) is 1. The summed E-state index contributed by atoms with van der Waals surface area (Å²) in [6.45, 7) is -0.628. The Labute approximate surface area is 201 Å². The fourth-order valence-corrected chi connectivity index (χ4v) is 4.73. The van der Waals surface area contributed by atoms with E-state index in [1.54, 1.807) is 24.3 Å². The van der Waals surface area contributed by atoms with Crippen molar-refractivity contribution >= 4 is 38.9 Å². The average molecular weight is 509 g/mol. The van der Waals surface area contributed by atoms with E-state index in [2.05, 4.69) is 5.32 Å². The first-order valence-corrected chi connectivity index (χ1v) is 11.7. The predicted octanol–water partition coefficient (Wildman–Crippen LogP) is 4.34. The number of methoxy groups -OCH3 is 3. The van der Waals surface area contributed by atoms with Gasteiger partial charge in [-0.3, -0.25) is 9.10 Å². The Morgan fingerprint density at radius 2 is 1.62 bits per heavy atom. The van der Waals surface area contributed by atoms with Crippen LogP contribution in [0.2, 0.25) is 5.02 Å². The van der Waals surface area contributed by atoms with E-state index in [1.807, 2.05) is 0 Å². The van der Waals surface area contributed by atoms with E-state index in [0.29, 0.717) is 17.2 Å². The Hall–Kier alpha value is -3.50. The number of nitrogens with one attached hydrogen (secondary N) is 1. The molecule has 8 nitrogen and oxygen atoms in total. The quantitative estimate of drug-likeness (QED) is 0.462. The summed E-state index contributed by atoms with van der Waals surface area (Å²) in [5.74, 6) is -0.484. The molecule has 0 atom stereocenters. The highest BCUT2D eigenvalue weighted by Crippen LogP contribution is 2.33. The lowest BCUT2D eigenvalue weighted by Gasteiger charge is -2.25. The van der Waals surface area contributed by atoms with Gasteiger partial charge >= 0.3 is 0 Å². The van der Waals surface area contributed by atoms with Crippen molar-refractivity contribution in [1.29, 1.82) is 0 Å². The number of carbonyl (C=O) groups is 1. The van der Waals surface area contributed by atoms with Gasteiger partial charge in [0.15, 0.2) is 11.5 Å². The topological polar surface area (TPSA) is 94.2 Å². The van der Waals surface area contributed by atoms with Crippen molar-refractivity contribution in [2.45, 2.75) is 4.90 Å². The molecule has 1 amide bonds. The number of anilines is 2. The van der Waals surface area contributed by atoms with E-state index in [9.17, 15) is 17.6 Å². The molecular weight excluding hydrogens is 487 g/mol. The SMILES string of the molecule is COc1ccccc1NC(=O)CN(c1ccc(F)c(Cl)c1)S(=O)(=O)c1ccc(OC)c(OC)c1. The zero-order valence-electron chi connectivity index (χ0n) is 18.5. The number of hydrogen-bond acceptors (Lipinski definition) is 6. The maximum absolute atomic E-state index is 13.8. The highest BCUT2D eigenvalue weighted by molar-refractivity contribution is 7.92. The van der Waals surface area contributed by atoms with Gasteiger partial charge in [-0.05, 0) is 42.5 Å². The normalized spacial score (nSPS) is 11.0. The summed E-state index contributed by atoms with van der Waals surface area (Å²) in [5, 5.41) is 2.33. The molecule has 1 N–H and O–H groups in total. The zero-order valence-corrected chi connectivity index (χ0v) is 20.1. The molecule has 34 heavy (non-hydrogen) atoms. The van der Waals surface area contributed by atoms with Crippen molar-refractivity contribution in [2.24, 2.45) is 0 Å². The van der Waals surface area contributed by atoms with Crippen LogP contribution in [0, 0.1) is 5.82 Å². The molecule has 3 aromatic carbocycles. The standard InChI is InChI=1S/C23H22ClFN2O6S/c1-31-20-7-5-4-6-19(20)26-23(28)14-27(15-8-10-18(25)17(24)12-15)34(29,30)16-9-11-21(32-2)22(13-16)33-3/h4-13H,14H2,1-3H3,(H,26,28). The molecule has 0 unspecified atom stereocenters. The Morgan fingerprint density at radius 3 is 2.26 bits per heavy atom. The fourth-order valence-electron chi connectivity index (χ4n) is 3.13. The summed E-state index contributed by atoms with van der Waals surface area (Å²) in [6.07, 6.45) is 0. The molecule has 0 aliphatic rings. The molecule has 0 radical (unpaired) electrons. The zero-order chi connectivity index (χ0) is 24.9. The molecule has 0 aliphatic heterocycles.